The minimum absolute atomic E-state index is 0.0227. The quantitative estimate of drug-likeness (QED) is 0.628. The molecule has 0 atom stereocenters. The molecule has 0 spiro atoms. The molecule has 4 rings (SSSR count). The molecule has 0 saturated carbocycles. The summed E-state index contributed by atoms with van der Waals surface area (Å²) < 4.78 is 5.85. The van der Waals surface area contributed by atoms with Gasteiger partial charge in [-0.05, 0) is 73.2 Å². The second-order valence-electron chi connectivity index (χ2n) is 7.77. The SMILES string of the molecule is Cc1cccc(Oc2ccc(NC(=O)CN3CCN(c4ccc(O)cc4)CC3)cc2)c1. The van der Waals surface area contributed by atoms with Crippen LogP contribution < -0.4 is 15.0 Å². The highest BCUT2D eigenvalue weighted by Gasteiger charge is 2.19. The first-order chi connectivity index (χ1) is 15.0. The fourth-order valence-electron chi connectivity index (χ4n) is 3.65. The average molecular weight is 418 g/mol. The molecule has 1 aliphatic heterocycles. The van der Waals surface area contributed by atoms with Crippen molar-refractivity contribution in [1.82, 2.24) is 4.90 Å². The third kappa shape index (κ3) is 5.77. The predicted molar refractivity (Wildman–Crippen MR) is 123 cm³/mol. The van der Waals surface area contributed by atoms with Crippen molar-refractivity contribution < 1.29 is 14.6 Å². The highest BCUT2D eigenvalue weighted by Crippen LogP contribution is 2.24. The molecule has 6 nitrogen and oxygen atoms in total. The molecule has 1 heterocycles. The molecule has 1 saturated heterocycles. The third-order valence-corrected chi connectivity index (χ3v) is 5.32. The number of rotatable bonds is 6. The predicted octanol–water partition coefficient (Wildman–Crippen LogP) is 4.25. The van der Waals surface area contributed by atoms with Crippen LogP contribution in [-0.4, -0.2) is 48.6 Å². The normalized spacial score (nSPS) is 14.3. The summed E-state index contributed by atoms with van der Waals surface area (Å²) in [4.78, 5) is 16.9. The molecule has 1 fully saturated rings. The zero-order chi connectivity index (χ0) is 21.6. The van der Waals surface area contributed by atoms with E-state index in [0.717, 1.165) is 54.6 Å². The van der Waals surface area contributed by atoms with Crippen LogP contribution in [0.1, 0.15) is 5.56 Å². The maximum absolute atomic E-state index is 12.5. The van der Waals surface area contributed by atoms with Gasteiger partial charge in [-0.15, -0.1) is 0 Å². The summed E-state index contributed by atoms with van der Waals surface area (Å²) in [5.74, 6) is 1.77. The number of piperazine rings is 1. The van der Waals surface area contributed by atoms with E-state index in [-0.39, 0.29) is 11.7 Å². The Labute approximate surface area is 182 Å². The summed E-state index contributed by atoms with van der Waals surface area (Å²) in [5, 5.41) is 12.4. The zero-order valence-corrected chi connectivity index (χ0v) is 17.6. The topological polar surface area (TPSA) is 65.0 Å². The van der Waals surface area contributed by atoms with E-state index in [0.29, 0.717) is 6.54 Å². The molecule has 0 radical (unpaired) electrons. The van der Waals surface area contributed by atoms with Gasteiger partial charge < -0.3 is 20.1 Å². The number of ether oxygens (including phenoxy) is 1. The lowest BCUT2D eigenvalue weighted by molar-refractivity contribution is -0.117. The van der Waals surface area contributed by atoms with E-state index in [2.05, 4.69) is 15.1 Å². The molecule has 3 aromatic carbocycles. The van der Waals surface area contributed by atoms with Crippen molar-refractivity contribution in [2.75, 3.05) is 42.9 Å². The smallest absolute Gasteiger partial charge is 0.238 e. The summed E-state index contributed by atoms with van der Waals surface area (Å²) in [7, 11) is 0. The van der Waals surface area contributed by atoms with E-state index in [4.69, 9.17) is 4.74 Å². The molecule has 0 aromatic heterocycles. The van der Waals surface area contributed by atoms with E-state index < -0.39 is 0 Å². The largest absolute Gasteiger partial charge is 0.508 e. The van der Waals surface area contributed by atoms with Crippen LogP contribution in [0.5, 0.6) is 17.2 Å². The fraction of sp³-hybridized carbons (Fsp3) is 0.240. The Hall–Kier alpha value is -3.51. The first-order valence-electron chi connectivity index (χ1n) is 10.5. The Kier molecular flexibility index (Phi) is 6.38. The van der Waals surface area contributed by atoms with Crippen LogP contribution in [0.4, 0.5) is 11.4 Å². The Morgan fingerprint density at radius 3 is 2.32 bits per heavy atom. The van der Waals surface area contributed by atoms with Gasteiger partial charge in [0.25, 0.3) is 0 Å². The van der Waals surface area contributed by atoms with Gasteiger partial charge in [-0.3, -0.25) is 9.69 Å². The van der Waals surface area contributed by atoms with Crippen molar-refractivity contribution in [3.05, 3.63) is 78.4 Å². The van der Waals surface area contributed by atoms with Crippen LogP contribution in [0.3, 0.4) is 0 Å². The van der Waals surface area contributed by atoms with Crippen LogP contribution in [0.15, 0.2) is 72.8 Å². The molecule has 0 aliphatic carbocycles. The van der Waals surface area contributed by atoms with Crippen molar-refractivity contribution in [3.8, 4) is 17.2 Å². The molecule has 3 aromatic rings. The average Bonchev–Trinajstić information content (AvgIpc) is 2.76. The Bertz CT molecular complexity index is 1010. The molecular weight excluding hydrogens is 390 g/mol. The summed E-state index contributed by atoms with van der Waals surface area (Å²) in [6.07, 6.45) is 0. The maximum atomic E-state index is 12.5. The highest BCUT2D eigenvalue weighted by atomic mass is 16.5. The highest BCUT2D eigenvalue weighted by molar-refractivity contribution is 5.92. The molecule has 0 bridgehead atoms. The standard InChI is InChI=1S/C25H27N3O3/c1-19-3-2-4-24(17-19)31-23-11-5-20(6-12-23)26-25(30)18-27-13-15-28(16-14-27)21-7-9-22(29)10-8-21/h2-12,17,29H,13-16,18H2,1H3,(H,26,30). The Morgan fingerprint density at radius 1 is 0.935 bits per heavy atom. The van der Waals surface area contributed by atoms with Gasteiger partial charge in [-0.1, -0.05) is 12.1 Å². The summed E-state index contributed by atoms with van der Waals surface area (Å²) >= 11 is 0. The summed E-state index contributed by atoms with van der Waals surface area (Å²) in [6.45, 7) is 5.73. The van der Waals surface area contributed by atoms with Crippen molar-refractivity contribution in [3.63, 3.8) is 0 Å². The van der Waals surface area contributed by atoms with Crippen LogP contribution in [0, 0.1) is 6.92 Å². The fourth-order valence-corrected chi connectivity index (χ4v) is 3.65. The van der Waals surface area contributed by atoms with E-state index in [1.165, 1.54) is 0 Å². The number of phenols is 1. The second kappa shape index (κ2) is 9.53. The van der Waals surface area contributed by atoms with Crippen molar-refractivity contribution >= 4 is 17.3 Å². The van der Waals surface area contributed by atoms with Gasteiger partial charge in [0, 0.05) is 37.6 Å². The van der Waals surface area contributed by atoms with E-state index in [1.807, 2.05) is 67.6 Å². The van der Waals surface area contributed by atoms with E-state index in [1.54, 1.807) is 12.1 Å². The minimum atomic E-state index is -0.0227. The molecular formula is C25H27N3O3. The number of nitrogens with zero attached hydrogens (tertiary/aromatic N) is 2. The van der Waals surface area contributed by atoms with Crippen molar-refractivity contribution in [2.24, 2.45) is 0 Å². The lowest BCUT2D eigenvalue weighted by Gasteiger charge is -2.35. The zero-order valence-electron chi connectivity index (χ0n) is 17.6. The van der Waals surface area contributed by atoms with Crippen LogP contribution in [-0.2, 0) is 4.79 Å². The molecule has 160 valence electrons. The van der Waals surface area contributed by atoms with E-state index in [9.17, 15) is 9.90 Å². The number of benzene rings is 3. The maximum Gasteiger partial charge on any atom is 0.238 e. The third-order valence-electron chi connectivity index (χ3n) is 5.32. The van der Waals surface area contributed by atoms with Gasteiger partial charge in [0.05, 0.1) is 6.54 Å². The van der Waals surface area contributed by atoms with Gasteiger partial charge in [-0.25, -0.2) is 0 Å². The summed E-state index contributed by atoms with van der Waals surface area (Å²) in [6, 6.07) is 22.6. The first kappa shape index (κ1) is 20.8. The molecule has 31 heavy (non-hydrogen) atoms. The van der Waals surface area contributed by atoms with Crippen LogP contribution >= 0.6 is 0 Å². The van der Waals surface area contributed by atoms with Crippen LogP contribution in [0.2, 0.25) is 0 Å². The summed E-state index contributed by atoms with van der Waals surface area (Å²) in [5.41, 5.74) is 2.99. The number of aryl methyl sites for hydroxylation is 1. The number of anilines is 2. The number of carbonyl (C=O) groups excluding carboxylic acids is 1. The van der Waals surface area contributed by atoms with Gasteiger partial charge >= 0.3 is 0 Å². The monoisotopic (exact) mass is 417 g/mol. The van der Waals surface area contributed by atoms with Gasteiger partial charge in [-0.2, -0.15) is 0 Å². The number of phenolic OH excluding ortho intramolecular Hbond substituents is 1. The molecule has 0 unspecified atom stereocenters. The lowest BCUT2D eigenvalue weighted by Crippen LogP contribution is -2.48. The Morgan fingerprint density at radius 2 is 1.65 bits per heavy atom. The number of amides is 1. The molecule has 1 aliphatic rings. The number of hydrogen-bond acceptors (Lipinski definition) is 5. The number of aromatic hydroxyl groups is 1. The second-order valence-corrected chi connectivity index (χ2v) is 7.77. The van der Waals surface area contributed by atoms with Crippen LogP contribution in [0.25, 0.3) is 0 Å². The lowest BCUT2D eigenvalue weighted by atomic mass is 10.2. The van der Waals surface area contributed by atoms with Gasteiger partial charge in [0.15, 0.2) is 0 Å². The first-order valence-corrected chi connectivity index (χ1v) is 10.5. The molecule has 2 N–H and O–H groups in total. The Balaban J connectivity index is 1.24. The van der Waals surface area contributed by atoms with E-state index >= 15 is 0 Å². The molecule has 1 amide bonds. The number of hydrogen-bond donors (Lipinski definition) is 2. The molecule has 6 heteroatoms. The van der Waals surface area contributed by atoms with Crippen molar-refractivity contribution in [1.29, 1.82) is 0 Å². The van der Waals surface area contributed by atoms with Gasteiger partial charge in [0.1, 0.15) is 17.2 Å². The van der Waals surface area contributed by atoms with Crippen molar-refractivity contribution in [2.45, 2.75) is 6.92 Å². The number of nitrogens with one attached hydrogen (secondary N) is 1. The van der Waals surface area contributed by atoms with Gasteiger partial charge in [0.2, 0.25) is 5.91 Å². The number of carbonyl (C=O) groups is 1. The minimum Gasteiger partial charge on any atom is -0.508 e.